The fourth-order valence-electron chi connectivity index (χ4n) is 2.45. The van der Waals surface area contributed by atoms with Gasteiger partial charge in [-0.1, -0.05) is 23.7 Å². The van der Waals surface area contributed by atoms with Crippen molar-refractivity contribution in [1.82, 2.24) is 14.5 Å². The second-order valence-corrected chi connectivity index (χ2v) is 6.06. The molecule has 1 N–H and O–H groups in total. The van der Waals surface area contributed by atoms with Crippen molar-refractivity contribution >= 4 is 40.1 Å². The second-order valence-electron chi connectivity index (χ2n) is 5.70. The van der Waals surface area contributed by atoms with E-state index in [4.69, 9.17) is 16.3 Å². The number of hydrogen-bond acceptors (Lipinski definition) is 6. The predicted octanol–water partition coefficient (Wildman–Crippen LogP) is 1.94. The summed E-state index contributed by atoms with van der Waals surface area (Å²) in [5.41, 5.74) is 1.41. The molecule has 9 heteroatoms. The van der Waals surface area contributed by atoms with E-state index >= 15 is 0 Å². The number of carbonyl (C=O) groups excluding carboxylic acids is 2. The third kappa shape index (κ3) is 4.29. The standard InChI is InChI=1S/C18H15ClN4O4/c1-11-4-2-5-12-16(11)21-10-23(18(12)26)8-15(25)27-9-14(24)22-13-6-3-7-20-17(13)19/h2-7,10H,8-9H2,1H3,(H,22,24). The summed E-state index contributed by atoms with van der Waals surface area (Å²) in [5, 5.41) is 3.02. The van der Waals surface area contributed by atoms with E-state index in [1.54, 1.807) is 24.3 Å². The van der Waals surface area contributed by atoms with Crippen LogP contribution in [0.15, 0.2) is 47.7 Å². The number of pyridine rings is 1. The van der Waals surface area contributed by atoms with Crippen molar-refractivity contribution in [2.45, 2.75) is 13.5 Å². The molecule has 8 nitrogen and oxygen atoms in total. The number of nitrogens with zero attached hydrogens (tertiary/aromatic N) is 3. The fraction of sp³-hybridized carbons (Fsp3) is 0.167. The van der Waals surface area contributed by atoms with Crippen molar-refractivity contribution in [1.29, 1.82) is 0 Å². The summed E-state index contributed by atoms with van der Waals surface area (Å²) in [4.78, 5) is 44.3. The number of carbonyl (C=O) groups is 2. The van der Waals surface area contributed by atoms with Crippen LogP contribution in [0.2, 0.25) is 5.15 Å². The van der Waals surface area contributed by atoms with Crippen LogP contribution in [0.5, 0.6) is 0 Å². The van der Waals surface area contributed by atoms with Crippen LogP contribution < -0.4 is 10.9 Å². The molecule has 0 fully saturated rings. The average Bonchev–Trinajstić information content (AvgIpc) is 2.65. The Kier molecular flexibility index (Phi) is 5.46. The van der Waals surface area contributed by atoms with E-state index < -0.39 is 18.5 Å². The molecule has 1 aromatic carbocycles. The maximum Gasteiger partial charge on any atom is 0.326 e. The first-order valence-corrected chi connectivity index (χ1v) is 8.34. The lowest BCUT2D eigenvalue weighted by atomic mass is 10.1. The lowest BCUT2D eigenvalue weighted by Crippen LogP contribution is -2.28. The Balaban J connectivity index is 1.62. The molecule has 0 aliphatic heterocycles. The van der Waals surface area contributed by atoms with Gasteiger partial charge in [0.1, 0.15) is 6.54 Å². The molecule has 2 heterocycles. The van der Waals surface area contributed by atoms with Gasteiger partial charge in [0.15, 0.2) is 11.8 Å². The van der Waals surface area contributed by atoms with E-state index in [0.717, 1.165) is 10.1 Å². The zero-order chi connectivity index (χ0) is 19.4. The minimum Gasteiger partial charge on any atom is -0.454 e. The minimum absolute atomic E-state index is 0.126. The monoisotopic (exact) mass is 386 g/mol. The quantitative estimate of drug-likeness (QED) is 0.531. The van der Waals surface area contributed by atoms with Crippen LogP contribution in [-0.4, -0.2) is 33.0 Å². The second kappa shape index (κ2) is 7.96. The fourth-order valence-corrected chi connectivity index (χ4v) is 2.61. The molecule has 0 bridgehead atoms. The third-order valence-electron chi connectivity index (χ3n) is 3.75. The van der Waals surface area contributed by atoms with E-state index in [1.165, 1.54) is 12.5 Å². The molecule has 3 aromatic rings. The summed E-state index contributed by atoms with van der Waals surface area (Å²) in [6.45, 7) is 0.982. The van der Waals surface area contributed by atoms with Gasteiger partial charge in [-0.05, 0) is 30.7 Å². The molecule has 3 rings (SSSR count). The number of fused-ring (bicyclic) bond motifs is 1. The summed E-state index contributed by atoms with van der Waals surface area (Å²) in [7, 11) is 0. The highest BCUT2D eigenvalue weighted by molar-refractivity contribution is 6.32. The number of aryl methyl sites for hydroxylation is 1. The first kappa shape index (κ1) is 18.5. The molecular weight excluding hydrogens is 372 g/mol. The molecule has 138 valence electrons. The van der Waals surface area contributed by atoms with Crippen molar-refractivity contribution in [3.63, 3.8) is 0 Å². The van der Waals surface area contributed by atoms with Crippen molar-refractivity contribution in [2.75, 3.05) is 11.9 Å². The smallest absolute Gasteiger partial charge is 0.326 e. The van der Waals surface area contributed by atoms with Gasteiger partial charge in [-0.3, -0.25) is 19.0 Å². The molecule has 0 unspecified atom stereocenters. The number of ether oxygens (including phenoxy) is 1. The molecule has 0 aliphatic carbocycles. The maximum absolute atomic E-state index is 12.4. The number of aromatic nitrogens is 3. The number of esters is 1. The van der Waals surface area contributed by atoms with E-state index in [-0.39, 0.29) is 17.3 Å². The van der Waals surface area contributed by atoms with Crippen LogP contribution in [0.25, 0.3) is 10.9 Å². The Hall–Kier alpha value is -3.26. The van der Waals surface area contributed by atoms with Gasteiger partial charge in [-0.2, -0.15) is 0 Å². The van der Waals surface area contributed by atoms with E-state index in [9.17, 15) is 14.4 Å². The molecule has 0 saturated heterocycles. The molecule has 0 atom stereocenters. The molecular formula is C18H15ClN4O4. The van der Waals surface area contributed by atoms with Gasteiger partial charge in [0.05, 0.1) is 22.9 Å². The van der Waals surface area contributed by atoms with E-state index in [2.05, 4.69) is 15.3 Å². The topological polar surface area (TPSA) is 103 Å². The lowest BCUT2D eigenvalue weighted by molar-refractivity contribution is -0.147. The summed E-state index contributed by atoms with van der Waals surface area (Å²) in [6.07, 6.45) is 2.77. The van der Waals surface area contributed by atoms with Gasteiger partial charge in [0.25, 0.3) is 11.5 Å². The Morgan fingerprint density at radius 2 is 2.04 bits per heavy atom. The van der Waals surface area contributed by atoms with Crippen LogP contribution in [0.1, 0.15) is 5.56 Å². The zero-order valence-corrected chi connectivity index (χ0v) is 15.1. The molecule has 1 amide bonds. The highest BCUT2D eigenvalue weighted by atomic mass is 35.5. The van der Waals surface area contributed by atoms with E-state index in [1.807, 2.05) is 13.0 Å². The largest absolute Gasteiger partial charge is 0.454 e. The van der Waals surface area contributed by atoms with E-state index in [0.29, 0.717) is 16.6 Å². The minimum atomic E-state index is -0.738. The molecule has 0 aliphatic rings. The summed E-state index contributed by atoms with van der Waals surface area (Å²) < 4.78 is 6.05. The molecule has 0 spiro atoms. The molecule has 0 radical (unpaired) electrons. The molecule has 2 aromatic heterocycles. The Bertz CT molecular complexity index is 1080. The third-order valence-corrected chi connectivity index (χ3v) is 4.05. The van der Waals surface area contributed by atoms with Crippen LogP contribution >= 0.6 is 11.6 Å². The molecule has 27 heavy (non-hydrogen) atoms. The number of hydrogen-bond donors (Lipinski definition) is 1. The summed E-state index contributed by atoms with van der Waals surface area (Å²) in [5.74, 6) is -1.31. The van der Waals surface area contributed by atoms with Gasteiger partial charge in [-0.15, -0.1) is 0 Å². The van der Waals surface area contributed by atoms with Gasteiger partial charge >= 0.3 is 5.97 Å². The Labute approximate surface area is 158 Å². The van der Waals surface area contributed by atoms with Crippen LogP contribution in [0.4, 0.5) is 5.69 Å². The number of anilines is 1. The highest BCUT2D eigenvalue weighted by Crippen LogP contribution is 2.17. The van der Waals surface area contributed by atoms with Gasteiger partial charge < -0.3 is 10.1 Å². The Morgan fingerprint density at radius 3 is 2.81 bits per heavy atom. The summed E-state index contributed by atoms with van der Waals surface area (Å²) in [6, 6.07) is 8.41. The van der Waals surface area contributed by atoms with Crippen molar-refractivity contribution in [3.8, 4) is 0 Å². The van der Waals surface area contributed by atoms with Crippen LogP contribution in [-0.2, 0) is 20.9 Å². The normalized spacial score (nSPS) is 10.6. The highest BCUT2D eigenvalue weighted by Gasteiger charge is 2.13. The average molecular weight is 387 g/mol. The van der Waals surface area contributed by atoms with Gasteiger partial charge in [-0.25, -0.2) is 9.97 Å². The predicted molar refractivity (Wildman–Crippen MR) is 99.6 cm³/mol. The summed E-state index contributed by atoms with van der Waals surface area (Å²) >= 11 is 5.84. The number of para-hydroxylation sites is 1. The lowest BCUT2D eigenvalue weighted by Gasteiger charge is -2.09. The zero-order valence-electron chi connectivity index (χ0n) is 14.3. The number of rotatable bonds is 5. The first-order chi connectivity index (χ1) is 13.0. The number of halogens is 1. The van der Waals surface area contributed by atoms with Crippen LogP contribution in [0.3, 0.4) is 0 Å². The number of benzene rings is 1. The number of nitrogens with one attached hydrogen (secondary N) is 1. The number of amides is 1. The van der Waals surface area contributed by atoms with Gasteiger partial charge in [0, 0.05) is 6.20 Å². The van der Waals surface area contributed by atoms with Crippen molar-refractivity contribution in [3.05, 3.63) is 63.9 Å². The van der Waals surface area contributed by atoms with Crippen molar-refractivity contribution < 1.29 is 14.3 Å². The first-order valence-electron chi connectivity index (χ1n) is 7.96. The van der Waals surface area contributed by atoms with Crippen LogP contribution in [0, 0.1) is 6.92 Å². The molecule has 0 saturated carbocycles. The van der Waals surface area contributed by atoms with Crippen molar-refractivity contribution in [2.24, 2.45) is 0 Å². The SMILES string of the molecule is Cc1cccc2c(=O)n(CC(=O)OCC(=O)Nc3cccnc3Cl)cnc12. The maximum atomic E-state index is 12.4. The Morgan fingerprint density at radius 1 is 1.22 bits per heavy atom. The van der Waals surface area contributed by atoms with Gasteiger partial charge in [0.2, 0.25) is 0 Å².